The number of imide groups is 1. The Bertz CT molecular complexity index is 354. The van der Waals surface area contributed by atoms with Crippen molar-refractivity contribution < 1.29 is 14.3 Å². The summed E-state index contributed by atoms with van der Waals surface area (Å²) in [5.41, 5.74) is 0. The van der Waals surface area contributed by atoms with Gasteiger partial charge in [0.2, 0.25) is 5.91 Å². The third-order valence-corrected chi connectivity index (χ3v) is 4.08. The summed E-state index contributed by atoms with van der Waals surface area (Å²) in [5, 5.41) is 3.35. The van der Waals surface area contributed by atoms with Crippen molar-refractivity contribution in [1.82, 2.24) is 15.1 Å². The molecule has 0 unspecified atom stereocenters. The Balaban J connectivity index is 1.87. The highest BCUT2D eigenvalue weighted by molar-refractivity contribution is 5.94. The molecule has 6 nitrogen and oxygen atoms in total. The molecule has 2 aliphatic rings. The lowest BCUT2D eigenvalue weighted by molar-refractivity contribution is -0.129. The van der Waals surface area contributed by atoms with Crippen LogP contribution in [0.3, 0.4) is 0 Å². The largest absolute Gasteiger partial charge is 0.447 e. The molecule has 0 aromatic carbocycles. The van der Waals surface area contributed by atoms with E-state index in [1.54, 1.807) is 0 Å². The van der Waals surface area contributed by atoms with E-state index in [0.717, 1.165) is 32.5 Å². The maximum absolute atomic E-state index is 12.2. The van der Waals surface area contributed by atoms with Crippen molar-refractivity contribution in [2.24, 2.45) is 5.92 Å². The van der Waals surface area contributed by atoms with Gasteiger partial charge in [-0.25, -0.2) is 9.69 Å². The van der Waals surface area contributed by atoms with Gasteiger partial charge in [-0.05, 0) is 45.7 Å². The van der Waals surface area contributed by atoms with Crippen molar-refractivity contribution in [2.45, 2.75) is 32.7 Å². The highest BCUT2D eigenvalue weighted by Gasteiger charge is 2.30. The predicted octanol–water partition coefficient (Wildman–Crippen LogP) is 0.675. The maximum atomic E-state index is 12.2. The van der Waals surface area contributed by atoms with E-state index in [1.165, 1.54) is 4.90 Å². The molecule has 0 aromatic rings. The first-order chi connectivity index (χ1) is 9.58. The molecule has 2 amide bonds. The molecule has 0 aromatic heterocycles. The smallest absolute Gasteiger partial charge is 0.416 e. The van der Waals surface area contributed by atoms with Crippen LogP contribution in [-0.4, -0.2) is 67.2 Å². The van der Waals surface area contributed by atoms with Crippen LogP contribution in [0, 0.1) is 5.92 Å². The van der Waals surface area contributed by atoms with E-state index in [4.69, 9.17) is 4.74 Å². The lowest BCUT2D eigenvalue weighted by Gasteiger charge is -2.32. The van der Waals surface area contributed by atoms with Crippen molar-refractivity contribution in [2.75, 3.05) is 39.3 Å². The van der Waals surface area contributed by atoms with E-state index in [-0.39, 0.29) is 5.91 Å². The summed E-state index contributed by atoms with van der Waals surface area (Å²) < 4.78 is 4.82. The fourth-order valence-corrected chi connectivity index (χ4v) is 2.73. The van der Waals surface area contributed by atoms with E-state index in [0.29, 0.717) is 31.7 Å². The molecule has 2 rings (SSSR count). The molecular weight excluding hydrogens is 258 g/mol. The summed E-state index contributed by atoms with van der Waals surface area (Å²) >= 11 is 0. The molecule has 1 N–H and O–H groups in total. The molecule has 2 saturated heterocycles. The number of carbonyl (C=O) groups is 2. The highest BCUT2D eigenvalue weighted by Crippen LogP contribution is 2.15. The van der Waals surface area contributed by atoms with Gasteiger partial charge in [-0.2, -0.15) is 0 Å². The molecule has 0 radical (unpaired) electrons. The number of nitrogens with one attached hydrogen (secondary N) is 1. The molecule has 6 heteroatoms. The number of rotatable bonds is 5. The van der Waals surface area contributed by atoms with Gasteiger partial charge < -0.3 is 10.1 Å². The van der Waals surface area contributed by atoms with Gasteiger partial charge >= 0.3 is 6.09 Å². The lowest BCUT2D eigenvalue weighted by atomic mass is 9.97. The first-order valence-electron chi connectivity index (χ1n) is 7.50. The Morgan fingerprint density at radius 3 is 2.70 bits per heavy atom. The van der Waals surface area contributed by atoms with Crippen LogP contribution >= 0.6 is 0 Å². The molecule has 114 valence electrons. The van der Waals surface area contributed by atoms with Crippen LogP contribution in [0.15, 0.2) is 0 Å². The van der Waals surface area contributed by atoms with Crippen LogP contribution in [0.5, 0.6) is 0 Å². The quantitative estimate of drug-likeness (QED) is 0.804. The fraction of sp³-hybridized carbons (Fsp3) is 0.857. The second kappa shape index (κ2) is 7.04. The summed E-state index contributed by atoms with van der Waals surface area (Å²) in [4.78, 5) is 27.0. The molecule has 20 heavy (non-hydrogen) atoms. The molecule has 0 aliphatic carbocycles. The maximum Gasteiger partial charge on any atom is 0.416 e. The first-order valence-corrected chi connectivity index (χ1v) is 7.50. The summed E-state index contributed by atoms with van der Waals surface area (Å²) in [7, 11) is 0. The lowest BCUT2D eigenvalue weighted by Crippen LogP contribution is -2.46. The number of hydrogen-bond acceptors (Lipinski definition) is 5. The Morgan fingerprint density at radius 1 is 1.45 bits per heavy atom. The number of nitrogens with zero attached hydrogens (tertiary/aromatic N) is 2. The number of ether oxygens (including phenoxy) is 1. The molecule has 2 heterocycles. The molecule has 0 spiro atoms. The van der Waals surface area contributed by atoms with Crippen molar-refractivity contribution in [1.29, 1.82) is 0 Å². The summed E-state index contributed by atoms with van der Waals surface area (Å²) in [5.74, 6) is 0.493. The Kier molecular flexibility index (Phi) is 5.37. The van der Waals surface area contributed by atoms with Crippen molar-refractivity contribution in [3.8, 4) is 0 Å². The number of carbonyl (C=O) groups excluding carboxylic acids is 2. The third kappa shape index (κ3) is 3.93. The van der Waals surface area contributed by atoms with Gasteiger partial charge in [0.05, 0.1) is 13.1 Å². The van der Waals surface area contributed by atoms with Gasteiger partial charge in [-0.15, -0.1) is 0 Å². The molecule has 0 saturated carbocycles. The number of cyclic esters (lactones) is 1. The Morgan fingerprint density at radius 2 is 2.15 bits per heavy atom. The monoisotopic (exact) mass is 283 g/mol. The zero-order chi connectivity index (χ0) is 14.5. The standard InChI is InChI=1S/C14H25N3O3/c1-11(2)16(9-12-3-5-15-6-4-12)10-13(18)17-7-8-20-14(17)19/h11-12,15H,3-10H2,1-2H3. The topological polar surface area (TPSA) is 61.9 Å². The van der Waals surface area contributed by atoms with Crippen LogP contribution in [0.2, 0.25) is 0 Å². The second-order valence-electron chi connectivity index (χ2n) is 5.88. The highest BCUT2D eigenvalue weighted by atomic mass is 16.6. The molecule has 0 bridgehead atoms. The minimum absolute atomic E-state index is 0.143. The molecule has 2 aliphatic heterocycles. The average Bonchev–Trinajstić information content (AvgIpc) is 2.85. The van der Waals surface area contributed by atoms with Gasteiger partial charge in [-0.3, -0.25) is 9.69 Å². The number of piperidine rings is 1. The van der Waals surface area contributed by atoms with Gasteiger partial charge in [-0.1, -0.05) is 0 Å². The Labute approximate surface area is 120 Å². The number of amides is 2. The van der Waals surface area contributed by atoms with Crippen LogP contribution in [0.4, 0.5) is 4.79 Å². The first kappa shape index (κ1) is 15.3. The summed E-state index contributed by atoms with van der Waals surface area (Å²) in [6.45, 7) is 8.24. The zero-order valence-corrected chi connectivity index (χ0v) is 12.4. The second-order valence-corrected chi connectivity index (χ2v) is 5.88. The predicted molar refractivity (Wildman–Crippen MR) is 75.4 cm³/mol. The van der Waals surface area contributed by atoms with Crippen LogP contribution in [0.1, 0.15) is 26.7 Å². The van der Waals surface area contributed by atoms with E-state index >= 15 is 0 Å². The van der Waals surface area contributed by atoms with Gasteiger partial charge in [0.15, 0.2) is 0 Å². The van der Waals surface area contributed by atoms with Crippen molar-refractivity contribution in [3.63, 3.8) is 0 Å². The summed E-state index contributed by atoms with van der Waals surface area (Å²) in [6.07, 6.45) is 1.81. The van der Waals surface area contributed by atoms with Crippen molar-refractivity contribution in [3.05, 3.63) is 0 Å². The molecule has 0 atom stereocenters. The third-order valence-electron chi connectivity index (χ3n) is 4.08. The molecular formula is C14H25N3O3. The van der Waals surface area contributed by atoms with Crippen LogP contribution in [0.25, 0.3) is 0 Å². The summed E-state index contributed by atoms with van der Waals surface area (Å²) in [6, 6.07) is 0.299. The molecule has 2 fully saturated rings. The minimum Gasteiger partial charge on any atom is -0.447 e. The van der Waals surface area contributed by atoms with Crippen LogP contribution in [-0.2, 0) is 9.53 Å². The zero-order valence-electron chi connectivity index (χ0n) is 12.4. The van der Waals surface area contributed by atoms with E-state index in [9.17, 15) is 9.59 Å². The SMILES string of the molecule is CC(C)N(CC(=O)N1CCOC1=O)CC1CCNCC1. The van der Waals surface area contributed by atoms with E-state index in [2.05, 4.69) is 24.1 Å². The van der Waals surface area contributed by atoms with Crippen molar-refractivity contribution >= 4 is 12.0 Å². The minimum atomic E-state index is -0.499. The number of hydrogen-bond donors (Lipinski definition) is 1. The van der Waals surface area contributed by atoms with Gasteiger partial charge in [0.25, 0.3) is 0 Å². The van der Waals surface area contributed by atoms with Gasteiger partial charge in [0, 0.05) is 12.6 Å². The normalized spacial score (nSPS) is 20.8. The fourth-order valence-electron chi connectivity index (χ4n) is 2.73. The van der Waals surface area contributed by atoms with E-state index in [1.807, 2.05) is 0 Å². The van der Waals surface area contributed by atoms with E-state index < -0.39 is 6.09 Å². The Hall–Kier alpha value is -1.14. The average molecular weight is 283 g/mol. The van der Waals surface area contributed by atoms with Gasteiger partial charge in [0.1, 0.15) is 6.61 Å². The van der Waals surface area contributed by atoms with Crippen LogP contribution < -0.4 is 5.32 Å².